The Hall–Kier alpha value is -0.920. The number of benzene rings is 1. The minimum Gasteiger partial charge on any atom is -0.468 e. The maximum Gasteiger partial charge on any atom is 0.320 e. The van der Waals surface area contributed by atoms with Crippen LogP contribution < -0.4 is 4.72 Å². The van der Waals surface area contributed by atoms with E-state index in [0.717, 1.165) is 5.56 Å². The lowest BCUT2D eigenvalue weighted by Crippen LogP contribution is -2.34. The van der Waals surface area contributed by atoms with Crippen LogP contribution in [0.4, 0.5) is 0 Å². The van der Waals surface area contributed by atoms with Gasteiger partial charge in [-0.1, -0.05) is 33.6 Å². The first-order valence-electron chi connectivity index (χ1n) is 5.56. The SMILES string of the molecule is COC(=O)C(Br)CNS(=O)(=O)c1ccc(C)cc1C. The van der Waals surface area contributed by atoms with E-state index in [4.69, 9.17) is 0 Å². The number of ether oxygens (including phenoxy) is 1. The molecule has 0 heterocycles. The van der Waals surface area contributed by atoms with Crippen LogP contribution in [-0.4, -0.2) is 32.9 Å². The van der Waals surface area contributed by atoms with Gasteiger partial charge in [-0.15, -0.1) is 0 Å². The first-order chi connectivity index (χ1) is 8.77. The Morgan fingerprint density at radius 2 is 2.05 bits per heavy atom. The Kier molecular flexibility index (Phi) is 5.51. The first kappa shape index (κ1) is 16.1. The molecular formula is C12H16BrNO4S. The average molecular weight is 350 g/mol. The molecule has 19 heavy (non-hydrogen) atoms. The summed E-state index contributed by atoms with van der Waals surface area (Å²) in [7, 11) is -2.39. The van der Waals surface area contributed by atoms with Gasteiger partial charge in [0.2, 0.25) is 10.0 Å². The van der Waals surface area contributed by atoms with Crippen LogP contribution in [0.5, 0.6) is 0 Å². The van der Waals surface area contributed by atoms with E-state index in [1.807, 2.05) is 6.92 Å². The fourth-order valence-electron chi connectivity index (χ4n) is 1.57. The second-order valence-electron chi connectivity index (χ2n) is 4.11. The summed E-state index contributed by atoms with van der Waals surface area (Å²) in [6, 6.07) is 5.07. The van der Waals surface area contributed by atoms with E-state index < -0.39 is 20.8 Å². The van der Waals surface area contributed by atoms with Crippen molar-refractivity contribution in [3.05, 3.63) is 29.3 Å². The molecule has 7 heteroatoms. The maximum absolute atomic E-state index is 12.1. The molecule has 0 bridgehead atoms. The Balaban J connectivity index is 2.85. The zero-order valence-electron chi connectivity index (χ0n) is 10.9. The molecule has 1 unspecified atom stereocenters. The van der Waals surface area contributed by atoms with Gasteiger partial charge in [-0.05, 0) is 25.5 Å². The van der Waals surface area contributed by atoms with Crippen molar-refractivity contribution in [1.82, 2.24) is 4.72 Å². The standard InChI is InChI=1S/C12H16BrNO4S/c1-8-4-5-11(9(2)6-8)19(16,17)14-7-10(13)12(15)18-3/h4-6,10,14H,7H2,1-3H3. The molecule has 1 atom stereocenters. The third kappa shape index (κ3) is 4.29. The number of carbonyl (C=O) groups is 1. The van der Waals surface area contributed by atoms with Crippen LogP contribution >= 0.6 is 15.9 Å². The monoisotopic (exact) mass is 349 g/mol. The maximum atomic E-state index is 12.1. The van der Waals surface area contributed by atoms with E-state index in [1.165, 1.54) is 7.11 Å². The molecular weight excluding hydrogens is 334 g/mol. The molecule has 0 aliphatic carbocycles. The molecule has 0 spiro atoms. The first-order valence-corrected chi connectivity index (χ1v) is 7.96. The zero-order valence-corrected chi connectivity index (χ0v) is 13.3. The van der Waals surface area contributed by atoms with Crippen molar-refractivity contribution in [2.75, 3.05) is 13.7 Å². The number of rotatable bonds is 5. The highest BCUT2D eigenvalue weighted by Crippen LogP contribution is 2.16. The van der Waals surface area contributed by atoms with E-state index >= 15 is 0 Å². The molecule has 0 saturated carbocycles. The fourth-order valence-corrected chi connectivity index (χ4v) is 3.41. The normalized spacial score (nSPS) is 13.1. The summed E-state index contributed by atoms with van der Waals surface area (Å²) >= 11 is 3.06. The summed E-state index contributed by atoms with van der Waals surface area (Å²) in [5, 5.41) is 0. The highest BCUT2D eigenvalue weighted by molar-refractivity contribution is 9.10. The van der Waals surface area contributed by atoms with E-state index in [-0.39, 0.29) is 11.4 Å². The summed E-state index contributed by atoms with van der Waals surface area (Å²) in [6.07, 6.45) is 0. The van der Waals surface area contributed by atoms with Gasteiger partial charge in [0.15, 0.2) is 0 Å². The minimum absolute atomic E-state index is 0.0671. The van der Waals surface area contributed by atoms with E-state index in [2.05, 4.69) is 25.4 Å². The number of hydrogen-bond acceptors (Lipinski definition) is 4. The number of sulfonamides is 1. The van der Waals surface area contributed by atoms with Crippen molar-refractivity contribution in [1.29, 1.82) is 0 Å². The largest absolute Gasteiger partial charge is 0.468 e. The van der Waals surface area contributed by atoms with Gasteiger partial charge in [-0.25, -0.2) is 13.1 Å². The van der Waals surface area contributed by atoms with Gasteiger partial charge in [0.25, 0.3) is 0 Å². The smallest absolute Gasteiger partial charge is 0.320 e. The van der Waals surface area contributed by atoms with E-state index in [0.29, 0.717) is 5.56 Å². The van der Waals surface area contributed by atoms with Gasteiger partial charge in [0.1, 0.15) is 4.83 Å². The minimum atomic E-state index is -3.63. The molecule has 1 rings (SSSR count). The number of aryl methyl sites for hydroxylation is 2. The zero-order chi connectivity index (χ0) is 14.6. The summed E-state index contributed by atoms with van der Waals surface area (Å²) in [6.45, 7) is 3.55. The molecule has 106 valence electrons. The van der Waals surface area contributed by atoms with Gasteiger partial charge in [0, 0.05) is 6.54 Å². The van der Waals surface area contributed by atoms with Crippen molar-refractivity contribution in [3.8, 4) is 0 Å². The Bertz CT molecular complexity index is 571. The second kappa shape index (κ2) is 6.49. The van der Waals surface area contributed by atoms with Gasteiger partial charge < -0.3 is 4.74 Å². The van der Waals surface area contributed by atoms with E-state index in [1.54, 1.807) is 25.1 Å². The third-order valence-electron chi connectivity index (χ3n) is 2.53. The molecule has 0 radical (unpaired) electrons. The van der Waals surface area contributed by atoms with Crippen molar-refractivity contribution < 1.29 is 17.9 Å². The van der Waals surface area contributed by atoms with Crippen molar-refractivity contribution >= 4 is 31.9 Å². The van der Waals surface area contributed by atoms with Crippen molar-refractivity contribution in [3.63, 3.8) is 0 Å². The number of nitrogens with one attached hydrogen (secondary N) is 1. The number of methoxy groups -OCH3 is 1. The van der Waals surface area contributed by atoms with Gasteiger partial charge in [-0.2, -0.15) is 0 Å². The van der Waals surface area contributed by atoms with Crippen LogP contribution in [0.15, 0.2) is 23.1 Å². The molecule has 0 aliphatic heterocycles. The van der Waals surface area contributed by atoms with Crippen LogP contribution in [0.2, 0.25) is 0 Å². The molecule has 0 saturated heterocycles. The number of hydrogen-bond donors (Lipinski definition) is 1. The lowest BCUT2D eigenvalue weighted by atomic mass is 10.2. The predicted molar refractivity (Wildman–Crippen MR) is 75.8 cm³/mol. The van der Waals surface area contributed by atoms with Gasteiger partial charge in [-0.3, -0.25) is 4.79 Å². The molecule has 0 aromatic heterocycles. The second-order valence-corrected chi connectivity index (χ2v) is 6.95. The number of carbonyl (C=O) groups excluding carboxylic acids is 1. The van der Waals surface area contributed by atoms with E-state index in [9.17, 15) is 13.2 Å². The summed E-state index contributed by atoms with van der Waals surface area (Å²) in [5.41, 5.74) is 1.65. The Morgan fingerprint density at radius 1 is 1.42 bits per heavy atom. The van der Waals surface area contributed by atoms with Crippen LogP contribution in [0, 0.1) is 13.8 Å². The fraction of sp³-hybridized carbons (Fsp3) is 0.417. The molecule has 0 fully saturated rings. The Labute approximate surface area is 121 Å². The van der Waals surface area contributed by atoms with Crippen LogP contribution in [0.1, 0.15) is 11.1 Å². The lowest BCUT2D eigenvalue weighted by molar-refractivity contribution is -0.139. The molecule has 0 aliphatic rings. The number of esters is 1. The summed E-state index contributed by atoms with van der Waals surface area (Å²) in [4.78, 5) is 10.7. The number of alkyl halides is 1. The van der Waals surface area contributed by atoms with Crippen LogP contribution in [0.25, 0.3) is 0 Å². The predicted octanol–water partition coefficient (Wildman–Crippen LogP) is 1.52. The topological polar surface area (TPSA) is 72.5 Å². The molecule has 1 N–H and O–H groups in total. The summed E-state index contributed by atoms with van der Waals surface area (Å²) in [5.74, 6) is -0.525. The van der Waals surface area contributed by atoms with Crippen molar-refractivity contribution in [2.45, 2.75) is 23.6 Å². The lowest BCUT2D eigenvalue weighted by Gasteiger charge is -2.12. The van der Waals surface area contributed by atoms with Crippen LogP contribution in [-0.2, 0) is 19.6 Å². The average Bonchev–Trinajstić information content (AvgIpc) is 2.34. The van der Waals surface area contributed by atoms with Gasteiger partial charge in [0.05, 0.1) is 12.0 Å². The summed E-state index contributed by atoms with van der Waals surface area (Å²) < 4.78 is 31.1. The van der Waals surface area contributed by atoms with Gasteiger partial charge >= 0.3 is 5.97 Å². The molecule has 0 amide bonds. The highest BCUT2D eigenvalue weighted by atomic mass is 79.9. The quantitative estimate of drug-likeness (QED) is 0.646. The molecule has 5 nitrogen and oxygen atoms in total. The number of halogens is 1. The van der Waals surface area contributed by atoms with Crippen molar-refractivity contribution in [2.24, 2.45) is 0 Å². The molecule has 1 aromatic carbocycles. The third-order valence-corrected chi connectivity index (χ3v) is 4.81. The van der Waals surface area contributed by atoms with Crippen LogP contribution in [0.3, 0.4) is 0 Å². The highest BCUT2D eigenvalue weighted by Gasteiger charge is 2.21. The Morgan fingerprint density at radius 3 is 2.58 bits per heavy atom. The molecule has 1 aromatic rings.